The van der Waals surface area contributed by atoms with Crippen molar-refractivity contribution in [3.8, 4) is 5.88 Å². The highest BCUT2D eigenvalue weighted by atomic mass is 35.5. The predicted molar refractivity (Wildman–Crippen MR) is 130 cm³/mol. The third-order valence-corrected chi connectivity index (χ3v) is 7.44. The van der Waals surface area contributed by atoms with E-state index in [0.29, 0.717) is 54.4 Å². The molecule has 35 heavy (non-hydrogen) atoms. The topological polar surface area (TPSA) is 90.2 Å². The predicted octanol–water partition coefficient (Wildman–Crippen LogP) is 5.14. The summed E-state index contributed by atoms with van der Waals surface area (Å²) in [4.78, 5) is 26.7. The Labute approximate surface area is 209 Å². The Balaban J connectivity index is 1.29. The zero-order valence-corrected chi connectivity index (χ0v) is 20.5. The molecule has 9 nitrogen and oxygen atoms in total. The molecule has 1 N–H and O–H groups in total. The molecule has 3 heterocycles. The minimum Gasteiger partial charge on any atom is -0.473 e. The van der Waals surface area contributed by atoms with Gasteiger partial charge in [-0.3, -0.25) is 0 Å². The van der Waals surface area contributed by atoms with Crippen molar-refractivity contribution in [2.45, 2.75) is 44.8 Å². The van der Waals surface area contributed by atoms with E-state index in [4.69, 9.17) is 32.4 Å². The number of ether oxygens (including phenoxy) is 3. The van der Waals surface area contributed by atoms with Crippen molar-refractivity contribution in [2.75, 3.05) is 31.6 Å². The van der Waals surface area contributed by atoms with Gasteiger partial charge in [0.1, 0.15) is 23.9 Å². The van der Waals surface area contributed by atoms with Gasteiger partial charge in [0.2, 0.25) is 5.88 Å². The fraction of sp³-hybridized carbons (Fsp3) is 0.520. The molecule has 3 fully saturated rings. The SMILES string of the molecule is [C-]#[N+]c1ccc(Nc2ncnc(OC3C4COCC3CN(C(=O)OC3(C)CCC3)C4)c2C)c(Cl)c1. The first-order valence-electron chi connectivity index (χ1n) is 11.8. The second-order valence-corrected chi connectivity index (χ2v) is 10.2. The molecule has 2 saturated heterocycles. The molecule has 1 amide bonds. The van der Waals surface area contributed by atoms with Crippen LogP contribution in [0.25, 0.3) is 4.85 Å². The summed E-state index contributed by atoms with van der Waals surface area (Å²) in [5.41, 5.74) is 1.53. The van der Waals surface area contributed by atoms with E-state index in [9.17, 15) is 4.79 Å². The lowest BCUT2D eigenvalue weighted by Gasteiger charge is -2.47. The highest BCUT2D eigenvalue weighted by molar-refractivity contribution is 6.33. The standard InChI is InChI=1S/C25H28ClN5O4/c1-15-22(30-20-6-5-18(27-3)9-19(20)26)28-14-29-23(15)34-21-16-10-31(11-17(21)13-33-12-16)24(32)35-25(2)7-4-8-25/h5-6,9,14,16-17,21H,4,7-8,10-13H2,1-2H3,(H,28,29,30). The molecular formula is C25H28ClN5O4. The third kappa shape index (κ3) is 4.86. The van der Waals surface area contributed by atoms with Crippen LogP contribution in [0.3, 0.4) is 0 Å². The minimum absolute atomic E-state index is 0.0191. The lowest BCUT2D eigenvalue weighted by atomic mass is 9.82. The summed E-state index contributed by atoms with van der Waals surface area (Å²) in [7, 11) is 0. The van der Waals surface area contributed by atoms with E-state index in [2.05, 4.69) is 20.1 Å². The maximum atomic E-state index is 12.8. The summed E-state index contributed by atoms with van der Waals surface area (Å²) < 4.78 is 18.0. The molecular weight excluding hydrogens is 470 g/mol. The van der Waals surface area contributed by atoms with Gasteiger partial charge in [-0.15, -0.1) is 0 Å². The van der Waals surface area contributed by atoms with E-state index in [0.717, 1.165) is 24.8 Å². The van der Waals surface area contributed by atoms with Gasteiger partial charge in [0, 0.05) is 24.9 Å². The molecule has 0 spiro atoms. The average molecular weight is 498 g/mol. The van der Waals surface area contributed by atoms with Crippen molar-refractivity contribution >= 4 is 34.9 Å². The van der Waals surface area contributed by atoms with E-state index in [1.54, 1.807) is 23.1 Å². The normalized spacial score (nSPS) is 24.6. The van der Waals surface area contributed by atoms with Crippen LogP contribution in [0.5, 0.6) is 5.88 Å². The van der Waals surface area contributed by atoms with Crippen molar-refractivity contribution in [3.05, 3.63) is 46.5 Å². The summed E-state index contributed by atoms with van der Waals surface area (Å²) in [6.45, 7) is 13.1. The van der Waals surface area contributed by atoms with E-state index in [1.807, 2.05) is 13.8 Å². The Kier molecular flexibility index (Phi) is 6.43. The van der Waals surface area contributed by atoms with Crippen LogP contribution in [0.15, 0.2) is 24.5 Å². The Morgan fingerprint density at radius 1 is 1.29 bits per heavy atom. The van der Waals surface area contributed by atoms with Crippen LogP contribution in [0, 0.1) is 25.3 Å². The first-order valence-corrected chi connectivity index (χ1v) is 12.2. The molecule has 3 aliphatic rings. The van der Waals surface area contributed by atoms with Gasteiger partial charge in [0.15, 0.2) is 5.69 Å². The molecule has 2 atom stereocenters. The van der Waals surface area contributed by atoms with E-state index in [-0.39, 0.29) is 29.6 Å². The summed E-state index contributed by atoms with van der Waals surface area (Å²) >= 11 is 6.33. The Bertz CT molecular complexity index is 1150. The van der Waals surface area contributed by atoms with Crippen LogP contribution in [-0.4, -0.2) is 59.0 Å². The number of nitrogens with one attached hydrogen (secondary N) is 1. The van der Waals surface area contributed by atoms with Gasteiger partial charge in [-0.1, -0.05) is 17.7 Å². The first kappa shape index (κ1) is 23.6. The van der Waals surface area contributed by atoms with Crippen LogP contribution in [-0.2, 0) is 9.47 Å². The van der Waals surface area contributed by atoms with Gasteiger partial charge in [-0.05, 0) is 45.2 Å². The zero-order valence-electron chi connectivity index (χ0n) is 19.8. The van der Waals surface area contributed by atoms with E-state index >= 15 is 0 Å². The molecule has 2 unspecified atom stereocenters. The highest BCUT2D eigenvalue weighted by Crippen LogP contribution is 2.38. The van der Waals surface area contributed by atoms with E-state index < -0.39 is 0 Å². The first-order chi connectivity index (χ1) is 16.8. The minimum atomic E-state index is -0.323. The molecule has 0 radical (unpaired) electrons. The quantitative estimate of drug-likeness (QED) is 0.572. The molecule has 2 aromatic rings. The van der Waals surface area contributed by atoms with Gasteiger partial charge in [-0.2, -0.15) is 0 Å². The molecule has 2 bridgehead atoms. The van der Waals surface area contributed by atoms with Crippen molar-refractivity contribution in [1.82, 2.24) is 14.9 Å². The monoisotopic (exact) mass is 497 g/mol. The van der Waals surface area contributed by atoms with Gasteiger partial charge in [-0.25, -0.2) is 19.6 Å². The van der Waals surface area contributed by atoms with E-state index in [1.165, 1.54) is 6.33 Å². The number of piperidine rings is 1. The van der Waals surface area contributed by atoms with Crippen molar-refractivity contribution in [1.29, 1.82) is 0 Å². The largest absolute Gasteiger partial charge is 0.473 e. The van der Waals surface area contributed by atoms with Crippen LogP contribution in [0.4, 0.5) is 22.0 Å². The lowest BCUT2D eigenvalue weighted by Crippen LogP contribution is -2.59. The number of halogens is 1. The molecule has 184 valence electrons. The number of hydrogen-bond acceptors (Lipinski definition) is 7. The molecule has 5 rings (SSSR count). The van der Waals surface area contributed by atoms with Gasteiger partial charge in [0.05, 0.1) is 36.1 Å². The summed E-state index contributed by atoms with van der Waals surface area (Å²) in [5.74, 6) is 1.09. The number of anilines is 2. The molecule has 1 aromatic heterocycles. The molecule has 2 aliphatic heterocycles. The number of carbonyl (C=O) groups excluding carboxylic acids is 1. The molecule has 1 aliphatic carbocycles. The fourth-order valence-corrected chi connectivity index (χ4v) is 5.13. The number of nitrogens with zero attached hydrogens (tertiary/aromatic N) is 4. The Morgan fingerprint density at radius 3 is 2.66 bits per heavy atom. The smallest absolute Gasteiger partial charge is 0.410 e. The highest BCUT2D eigenvalue weighted by Gasteiger charge is 2.46. The Hall–Kier alpha value is -3.09. The van der Waals surface area contributed by atoms with Gasteiger partial charge in [0.25, 0.3) is 0 Å². The average Bonchev–Trinajstić information content (AvgIpc) is 2.81. The van der Waals surface area contributed by atoms with Crippen LogP contribution in [0.1, 0.15) is 31.7 Å². The maximum Gasteiger partial charge on any atom is 0.410 e. The number of carbonyl (C=O) groups is 1. The summed E-state index contributed by atoms with van der Waals surface area (Å²) in [6.07, 6.45) is 4.03. The number of likely N-dealkylation sites (tertiary alicyclic amines) is 1. The number of aromatic nitrogens is 2. The second-order valence-electron chi connectivity index (χ2n) is 9.77. The Morgan fingerprint density at radius 2 is 2.03 bits per heavy atom. The number of hydrogen-bond donors (Lipinski definition) is 1. The van der Waals surface area contributed by atoms with Crippen LogP contribution < -0.4 is 10.1 Å². The molecule has 1 saturated carbocycles. The number of amides is 1. The van der Waals surface area contributed by atoms with Gasteiger partial charge < -0.3 is 24.4 Å². The molecule has 10 heteroatoms. The lowest BCUT2D eigenvalue weighted by molar-refractivity contribution is -0.119. The second kappa shape index (κ2) is 9.51. The van der Waals surface area contributed by atoms with Crippen LogP contribution in [0.2, 0.25) is 5.02 Å². The summed E-state index contributed by atoms with van der Waals surface area (Å²) in [5, 5.41) is 3.65. The van der Waals surface area contributed by atoms with Crippen molar-refractivity contribution in [2.24, 2.45) is 11.8 Å². The number of benzene rings is 1. The zero-order chi connectivity index (χ0) is 24.6. The fourth-order valence-electron chi connectivity index (χ4n) is 4.90. The van der Waals surface area contributed by atoms with Gasteiger partial charge >= 0.3 is 6.09 Å². The third-order valence-electron chi connectivity index (χ3n) is 7.13. The van der Waals surface area contributed by atoms with Crippen molar-refractivity contribution in [3.63, 3.8) is 0 Å². The van der Waals surface area contributed by atoms with Crippen LogP contribution >= 0.6 is 11.6 Å². The maximum absolute atomic E-state index is 12.8. The van der Waals surface area contributed by atoms with Crippen molar-refractivity contribution < 1.29 is 19.0 Å². The number of fused-ring (bicyclic) bond motifs is 2. The molecule has 1 aromatic carbocycles. The number of rotatable bonds is 5. The summed E-state index contributed by atoms with van der Waals surface area (Å²) in [6, 6.07) is 5.05.